The Balaban J connectivity index is 0.00000121. The van der Waals surface area contributed by atoms with Gasteiger partial charge in [0.1, 0.15) is 5.82 Å². The van der Waals surface area contributed by atoms with Crippen molar-refractivity contribution >= 4 is 35.5 Å². The molecule has 0 unspecified atom stereocenters. The second-order valence-corrected chi connectivity index (χ2v) is 2.22. The SMILES string of the molecule is Cc1c(F)cccc1C(=O)O.[Na]. The number of carboxylic acid groups (broad SMARTS) is 1. The topological polar surface area (TPSA) is 37.3 Å². The zero-order chi connectivity index (χ0) is 8.43. The third-order valence-corrected chi connectivity index (χ3v) is 1.50. The van der Waals surface area contributed by atoms with Gasteiger partial charge in [-0.25, -0.2) is 9.18 Å². The molecule has 1 aromatic carbocycles. The van der Waals surface area contributed by atoms with Crippen LogP contribution in [0.25, 0.3) is 0 Å². The molecular formula is C8H7FNaO2. The summed E-state index contributed by atoms with van der Waals surface area (Å²) in [5, 5.41) is 8.52. The summed E-state index contributed by atoms with van der Waals surface area (Å²) in [7, 11) is 0. The molecule has 0 fully saturated rings. The molecule has 59 valence electrons. The molecule has 0 spiro atoms. The molecule has 0 atom stereocenters. The van der Waals surface area contributed by atoms with Crippen LogP contribution in [-0.4, -0.2) is 40.6 Å². The Kier molecular flexibility index (Phi) is 4.45. The summed E-state index contributed by atoms with van der Waals surface area (Å²) >= 11 is 0. The molecule has 4 heteroatoms. The number of hydrogen-bond acceptors (Lipinski definition) is 1. The summed E-state index contributed by atoms with van der Waals surface area (Å²) < 4.78 is 12.7. The van der Waals surface area contributed by atoms with Crippen LogP contribution < -0.4 is 0 Å². The van der Waals surface area contributed by atoms with E-state index in [2.05, 4.69) is 0 Å². The average Bonchev–Trinajstić information content (AvgIpc) is 1.94. The van der Waals surface area contributed by atoms with Crippen molar-refractivity contribution in [3.63, 3.8) is 0 Å². The van der Waals surface area contributed by atoms with Gasteiger partial charge in [0.2, 0.25) is 0 Å². The zero-order valence-corrected chi connectivity index (χ0v) is 8.97. The van der Waals surface area contributed by atoms with Crippen LogP contribution in [-0.2, 0) is 0 Å². The Morgan fingerprint density at radius 3 is 2.50 bits per heavy atom. The van der Waals surface area contributed by atoms with Crippen molar-refractivity contribution in [3.8, 4) is 0 Å². The van der Waals surface area contributed by atoms with Gasteiger partial charge in [-0.1, -0.05) is 6.07 Å². The Morgan fingerprint density at radius 1 is 1.50 bits per heavy atom. The van der Waals surface area contributed by atoms with E-state index in [0.29, 0.717) is 0 Å². The van der Waals surface area contributed by atoms with Crippen molar-refractivity contribution < 1.29 is 14.3 Å². The van der Waals surface area contributed by atoms with E-state index in [1.165, 1.54) is 25.1 Å². The van der Waals surface area contributed by atoms with Gasteiger partial charge >= 0.3 is 5.97 Å². The summed E-state index contributed by atoms with van der Waals surface area (Å²) in [6.07, 6.45) is 0. The van der Waals surface area contributed by atoms with Gasteiger partial charge in [-0.2, -0.15) is 0 Å². The molecular weight excluding hydrogens is 170 g/mol. The zero-order valence-electron chi connectivity index (χ0n) is 6.97. The van der Waals surface area contributed by atoms with Gasteiger partial charge in [0.15, 0.2) is 0 Å². The molecule has 1 aromatic rings. The molecule has 0 amide bonds. The predicted octanol–water partition coefficient (Wildman–Crippen LogP) is 1.45. The van der Waals surface area contributed by atoms with Crippen LogP contribution >= 0.6 is 0 Å². The van der Waals surface area contributed by atoms with Crippen LogP contribution in [0.1, 0.15) is 15.9 Å². The Labute approximate surface area is 91.7 Å². The molecule has 1 N–H and O–H groups in total. The van der Waals surface area contributed by atoms with Crippen molar-refractivity contribution in [2.45, 2.75) is 6.92 Å². The number of carbonyl (C=O) groups is 1. The van der Waals surface area contributed by atoms with E-state index in [0.717, 1.165) is 0 Å². The quantitative estimate of drug-likeness (QED) is 0.659. The smallest absolute Gasteiger partial charge is 0.336 e. The van der Waals surface area contributed by atoms with E-state index in [1.54, 1.807) is 0 Å². The van der Waals surface area contributed by atoms with Crippen LogP contribution in [0.5, 0.6) is 0 Å². The third kappa shape index (κ3) is 2.30. The molecule has 12 heavy (non-hydrogen) atoms. The van der Waals surface area contributed by atoms with Crippen LogP contribution in [0.4, 0.5) is 4.39 Å². The van der Waals surface area contributed by atoms with E-state index < -0.39 is 11.8 Å². The number of benzene rings is 1. The largest absolute Gasteiger partial charge is 0.478 e. The van der Waals surface area contributed by atoms with E-state index in [4.69, 9.17) is 5.11 Å². The molecule has 1 radical (unpaired) electrons. The van der Waals surface area contributed by atoms with Crippen molar-refractivity contribution in [1.29, 1.82) is 0 Å². The van der Waals surface area contributed by atoms with Crippen molar-refractivity contribution in [2.75, 3.05) is 0 Å². The minimum absolute atomic E-state index is 0. The first-order valence-electron chi connectivity index (χ1n) is 3.11. The van der Waals surface area contributed by atoms with Crippen LogP contribution in [0, 0.1) is 12.7 Å². The minimum atomic E-state index is -1.10. The fraction of sp³-hybridized carbons (Fsp3) is 0.125. The van der Waals surface area contributed by atoms with E-state index in [-0.39, 0.29) is 40.7 Å². The number of halogens is 1. The second kappa shape index (κ2) is 4.60. The maximum absolute atomic E-state index is 12.7. The van der Waals surface area contributed by atoms with Crippen molar-refractivity contribution in [3.05, 3.63) is 35.1 Å². The molecule has 0 aromatic heterocycles. The molecule has 0 heterocycles. The molecule has 0 aliphatic heterocycles. The Hall–Kier alpha value is -0.380. The summed E-state index contributed by atoms with van der Waals surface area (Å²) in [6.45, 7) is 1.44. The van der Waals surface area contributed by atoms with Crippen LogP contribution in [0.2, 0.25) is 0 Å². The third-order valence-electron chi connectivity index (χ3n) is 1.50. The summed E-state index contributed by atoms with van der Waals surface area (Å²) in [4.78, 5) is 10.4. The Bertz CT molecular complexity index is 299. The van der Waals surface area contributed by atoms with Gasteiger partial charge < -0.3 is 5.11 Å². The molecule has 0 saturated carbocycles. The fourth-order valence-corrected chi connectivity index (χ4v) is 0.839. The van der Waals surface area contributed by atoms with Crippen molar-refractivity contribution in [1.82, 2.24) is 0 Å². The van der Waals surface area contributed by atoms with Crippen LogP contribution in [0.15, 0.2) is 18.2 Å². The summed E-state index contributed by atoms with van der Waals surface area (Å²) in [5.41, 5.74) is 0.199. The Morgan fingerprint density at radius 2 is 2.08 bits per heavy atom. The van der Waals surface area contributed by atoms with E-state index in [1.807, 2.05) is 0 Å². The van der Waals surface area contributed by atoms with Gasteiger partial charge in [0.25, 0.3) is 0 Å². The minimum Gasteiger partial charge on any atom is -0.478 e. The maximum Gasteiger partial charge on any atom is 0.336 e. The standard InChI is InChI=1S/C8H7FO2.Na/c1-5-6(8(10)11)3-2-4-7(5)9;/h2-4H,1H3,(H,10,11);. The van der Waals surface area contributed by atoms with E-state index >= 15 is 0 Å². The molecule has 2 nitrogen and oxygen atoms in total. The number of rotatable bonds is 1. The monoisotopic (exact) mass is 177 g/mol. The first-order valence-corrected chi connectivity index (χ1v) is 3.11. The maximum atomic E-state index is 12.7. The molecule has 0 aliphatic rings. The van der Waals surface area contributed by atoms with Gasteiger partial charge in [-0.3, -0.25) is 0 Å². The predicted molar refractivity (Wildman–Crippen MR) is 43.9 cm³/mol. The average molecular weight is 177 g/mol. The van der Waals surface area contributed by atoms with Crippen molar-refractivity contribution in [2.24, 2.45) is 0 Å². The molecule has 0 saturated heterocycles. The number of hydrogen-bond donors (Lipinski definition) is 1. The first kappa shape index (κ1) is 11.6. The van der Waals surface area contributed by atoms with Gasteiger partial charge in [-0.15, -0.1) is 0 Å². The second-order valence-electron chi connectivity index (χ2n) is 2.22. The van der Waals surface area contributed by atoms with E-state index in [9.17, 15) is 9.18 Å². The molecule has 0 bridgehead atoms. The fourth-order valence-electron chi connectivity index (χ4n) is 0.839. The number of carboxylic acids is 1. The van der Waals surface area contributed by atoms with Gasteiger partial charge in [0.05, 0.1) is 5.56 Å². The first-order chi connectivity index (χ1) is 5.13. The normalized spacial score (nSPS) is 8.83. The summed E-state index contributed by atoms with van der Waals surface area (Å²) in [6, 6.07) is 3.99. The molecule has 0 aliphatic carbocycles. The summed E-state index contributed by atoms with van der Waals surface area (Å²) in [5.74, 6) is -1.58. The van der Waals surface area contributed by atoms with Gasteiger partial charge in [-0.05, 0) is 24.6 Å². The van der Waals surface area contributed by atoms with Crippen LogP contribution in [0.3, 0.4) is 0 Å². The molecule has 1 rings (SSSR count). The van der Waals surface area contributed by atoms with Gasteiger partial charge in [0, 0.05) is 29.6 Å². The number of aromatic carboxylic acids is 1.